The maximum atomic E-state index is 12.5. The molecule has 5 heteroatoms. The molecule has 0 fully saturated rings. The van der Waals surface area contributed by atoms with Crippen LogP contribution in [0.5, 0.6) is 17.2 Å². The maximum Gasteiger partial charge on any atom is 0.124 e. The zero-order chi connectivity index (χ0) is 20.5. The molecule has 2 aromatic rings. The van der Waals surface area contributed by atoms with Crippen molar-refractivity contribution < 1.29 is 20.2 Å². The third-order valence-corrected chi connectivity index (χ3v) is 5.01. The van der Waals surface area contributed by atoms with Crippen molar-refractivity contribution >= 4 is 12.2 Å². The van der Waals surface area contributed by atoms with Gasteiger partial charge in [-0.3, -0.25) is 0 Å². The van der Waals surface area contributed by atoms with Gasteiger partial charge in [0.1, 0.15) is 23.9 Å². The van der Waals surface area contributed by atoms with Crippen LogP contribution in [0.2, 0.25) is 0 Å². The Morgan fingerprint density at radius 1 is 0.929 bits per heavy atom. The van der Waals surface area contributed by atoms with Gasteiger partial charge in [-0.05, 0) is 68.7 Å². The van der Waals surface area contributed by atoms with E-state index in [0.717, 1.165) is 21.8 Å². The molecule has 0 bridgehead atoms. The lowest BCUT2D eigenvalue weighted by atomic mass is 9.97. The van der Waals surface area contributed by atoms with Crippen LogP contribution in [-0.2, 0) is 5.21 Å². The van der Waals surface area contributed by atoms with E-state index in [9.17, 15) is 15.4 Å². The highest BCUT2D eigenvalue weighted by Gasteiger charge is 2.46. The van der Waals surface area contributed by atoms with Gasteiger partial charge in [0.25, 0.3) is 0 Å². The van der Waals surface area contributed by atoms with Crippen molar-refractivity contribution in [2.24, 2.45) is 0 Å². The van der Waals surface area contributed by atoms with Crippen molar-refractivity contribution in [2.75, 3.05) is 6.61 Å². The van der Waals surface area contributed by atoms with E-state index in [1.807, 2.05) is 52.0 Å². The van der Waals surface area contributed by atoms with Crippen LogP contribution < -0.4 is 4.74 Å². The highest BCUT2D eigenvalue weighted by atomic mass is 16.5. The first kappa shape index (κ1) is 20.0. The number of benzene rings is 2. The first-order valence-electron chi connectivity index (χ1n) is 9.21. The second kappa shape index (κ2) is 7.34. The van der Waals surface area contributed by atoms with Gasteiger partial charge < -0.3 is 14.9 Å². The quantitative estimate of drug-likeness (QED) is 0.578. The Bertz CT molecular complexity index is 911. The second-order valence-corrected chi connectivity index (χ2v) is 8.15. The molecule has 1 aliphatic heterocycles. The van der Waals surface area contributed by atoms with Gasteiger partial charge in [0.15, 0.2) is 0 Å². The maximum absolute atomic E-state index is 12.5. The number of ether oxygens (including phenoxy) is 1. The largest absolute Gasteiger partial charge is 0.508 e. The third kappa shape index (κ3) is 4.21. The Balaban J connectivity index is 1.74. The zero-order valence-electron chi connectivity index (χ0n) is 16.6. The lowest BCUT2D eigenvalue weighted by Gasteiger charge is -2.33. The average Bonchev–Trinajstić information content (AvgIpc) is 2.78. The fourth-order valence-corrected chi connectivity index (χ4v) is 3.46. The van der Waals surface area contributed by atoms with E-state index in [0.29, 0.717) is 5.75 Å². The molecule has 5 nitrogen and oxygen atoms in total. The van der Waals surface area contributed by atoms with E-state index in [1.54, 1.807) is 36.4 Å². The summed E-state index contributed by atoms with van der Waals surface area (Å²) in [6.45, 7) is 7.82. The van der Waals surface area contributed by atoms with Crippen LogP contribution in [0.4, 0.5) is 0 Å². The van der Waals surface area contributed by atoms with Crippen LogP contribution >= 0.6 is 0 Å². The first-order chi connectivity index (χ1) is 13.1. The van der Waals surface area contributed by atoms with Gasteiger partial charge in [-0.25, -0.2) is 0 Å². The van der Waals surface area contributed by atoms with Gasteiger partial charge in [-0.15, -0.1) is 10.3 Å². The van der Waals surface area contributed by atoms with Gasteiger partial charge in [0, 0.05) is 6.07 Å². The summed E-state index contributed by atoms with van der Waals surface area (Å²) in [5.74, 6) is 0.853. The Morgan fingerprint density at radius 2 is 1.57 bits per heavy atom. The summed E-state index contributed by atoms with van der Waals surface area (Å²) >= 11 is 0. The van der Waals surface area contributed by atoms with Gasteiger partial charge >= 0.3 is 0 Å². The molecular formula is C23H26NO4. The number of phenols is 2. The lowest BCUT2D eigenvalue weighted by Crippen LogP contribution is -2.47. The molecule has 1 radical (unpaired) electrons. The molecule has 3 rings (SSSR count). The average molecular weight is 380 g/mol. The molecule has 1 heterocycles. The number of phenolic OH excluding ortho intramolecular Hbond substituents is 2. The molecule has 0 atom stereocenters. The monoisotopic (exact) mass is 380 g/mol. The molecule has 0 aliphatic carbocycles. The van der Waals surface area contributed by atoms with Gasteiger partial charge in [-0.1, -0.05) is 30.4 Å². The van der Waals surface area contributed by atoms with Crippen molar-refractivity contribution in [3.05, 3.63) is 65.2 Å². The molecule has 0 saturated carbocycles. The second-order valence-electron chi connectivity index (χ2n) is 8.15. The molecule has 147 valence electrons. The number of hydroxylamine groups is 2. The fourth-order valence-electron chi connectivity index (χ4n) is 3.46. The molecule has 0 aromatic heterocycles. The predicted molar refractivity (Wildman–Crippen MR) is 109 cm³/mol. The molecule has 0 unspecified atom stereocenters. The van der Waals surface area contributed by atoms with Crippen molar-refractivity contribution in [3.8, 4) is 17.2 Å². The number of rotatable bonds is 5. The first-order valence-corrected chi connectivity index (χ1v) is 9.21. The van der Waals surface area contributed by atoms with E-state index in [-0.39, 0.29) is 18.1 Å². The van der Waals surface area contributed by atoms with Crippen molar-refractivity contribution in [3.63, 3.8) is 0 Å². The van der Waals surface area contributed by atoms with Gasteiger partial charge in [0.05, 0.1) is 11.1 Å². The smallest absolute Gasteiger partial charge is 0.124 e. The highest BCUT2D eigenvalue weighted by Crippen LogP contribution is 2.39. The number of hydrogen-bond acceptors (Lipinski definition) is 4. The summed E-state index contributed by atoms with van der Waals surface area (Å²) in [5.41, 5.74) is 1.42. The van der Waals surface area contributed by atoms with E-state index in [4.69, 9.17) is 4.74 Å². The zero-order valence-corrected chi connectivity index (χ0v) is 16.6. The van der Waals surface area contributed by atoms with Crippen LogP contribution in [0.3, 0.4) is 0 Å². The minimum atomic E-state index is -0.637. The fraction of sp³-hybridized carbons (Fsp3) is 0.304. The normalized spacial score (nSPS) is 18.4. The summed E-state index contributed by atoms with van der Waals surface area (Å²) < 4.78 is 5.90. The van der Waals surface area contributed by atoms with Crippen molar-refractivity contribution in [1.29, 1.82) is 0 Å². The van der Waals surface area contributed by atoms with E-state index < -0.39 is 11.1 Å². The van der Waals surface area contributed by atoms with Crippen LogP contribution in [0.25, 0.3) is 12.2 Å². The molecule has 0 saturated heterocycles. The predicted octanol–water partition coefficient (Wildman–Crippen LogP) is 4.79. The van der Waals surface area contributed by atoms with Gasteiger partial charge in [0.2, 0.25) is 0 Å². The SMILES string of the molecule is CC1(C)C=C(COc2cc(O)cc(/C=C/c3ccc(O)cc3)c2)C(C)(C)N1[O]. The number of hydrogen-bond donors (Lipinski definition) is 2. The van der Waals surface area contributed by atoms with Gasteiger partial charge in [-0.2, -0.15) is 0 Å². The molecule has 0 amide bonds. The Morgan fingerprint density at radius 3 is 2.18 bits per heavy atom. The summed E-state index contributed by atoms with van der Waals surface area (Å²) in [6.07, 6.45) is 5.70. The van der Waals surface area contributed by atoms with E-state index in [2.05, 4.69) is 0 Å². The van der Waals surface area contributed by atoms with Crippen molar-refractivity contribution in [2.45, 2.75) is 38.8 Å². The minimum absolute atomic E-state index is 0.105. The Hall–Kier alpha value is -2.76. The molecule has 2 aromatic carbocycles. The summed E-state index contributed by atoms with van der Waals surface area (Å²) in [7, 11) is 0. The molecule has 28 heavy (non-hydrogen) atoms. The topological polar surface area (TPSA) is 72.8 Å². The minimum Gasteiger partial charge on any atom is -0.508 e. The summed E-state index contributed by atoms with van der Waals surface area (Å²) in [4.78, 5) is 0. The van der Waals surface area contributed by atoms with Crippen molar-refractivity contribution in [1.82, 2.24) is 5.06 Å². The molecular weight excluding hydrogens is 354 g/mol. The molecule has 0 spiro atoms. The van der Waals surface area contributed by atoms with E-state index >= 15 is 0 Å². The standard InChI is InChI=1S/C23H26NO4/c1-22(2)14-18(23(3,4)24(22)27)15-28-21-12-17(11-20(26)13-21)6-5-16-7-9-19(25)10-8-16/h5-14,25-26H,15H2,1-4H3/b6-5+. The van der Waals surface area contributed by atoms with Crippen LogP contribution in [0, 0.1) is 0 Å². The third-order valence-electron chi connectivity index (χ3n) is 5.01. The molecule has 1 aliphatic rings. The highest BCUT2D eigenvalue weighted by molar-refractivity contribution is 5.71. The Kier molecular flexibility index (Phi) is 5.24. The lowest BCUT2D eigenvalue weighted by molar-refractivity contribution is -0.239. The Labute approximate surface area is 165 Å². The van der Waals surface area contributed by atoms with E-state index in [1.165, 1.54) is 0 Å². The number of aromatic hydroxyl groups is 2. The summed E-state index contributed by atoms with van der Waals surface area (Å²) in [5, 5.41) is 32.9. The molecule has 2 N–H and O–H groups in total. The van der Waals surface area contributed by atoms with Crippen LogP contribution in [-0.4, -0.2) is 33.0 Å². The summed E-state index contributed by atoms with van der Waals surface area (Å²) in [6, 6.07) is 11.9. The van der Waals surface area contributed by atoms with Crippen LogP contribution in [0.15, 0.2) is 54.1 Å². The number of nitrogens with zero attached hydrogens (tertiary/aromatic N) is 1. The van der Waals surface area contributed by atoms with Crippen LogP contribution in [0.1, 0.15) is 38.8 Å².